The predicted molar refractivity (Wildman–Crippen MR) is 87.0 cm³/mol. The van der Waals surface area contributed by atoms with E-state index in [1.165, 1.54) is 0 Å². The van der Waals surface area contributed by atoms with Gasteiger partial charge in [0.15, 0.2) is 0 Å². The molecule has 1 aliphatic heterocycles. The Bertz CT molecular complexity index is 581. The van der Waals surface area contributed by atoms with E-state index in [0.717, 1.165) is 18.4 Å². The molecule has 2 rings (SSSR count). The minimum Gasteiger partial charge on any atom is -0.369 e. The van der Waals surface area contributed by atoms with Crippen molar-refractivity contribution in [3.8, 4) is 0 Å². The Kier molecular flexibility index (Phi) is 5.03. The summed E-state index contributed by atoms with van der Waals surface area (Å²) in [7, 11) is -1.85. The number of methoxy groups -OCH3 is 1. The molecular weight excluding hydrogens is 306 g/mol. The first-order chi connectivity index (χ1) is 9.86. The van der Waals surface area contributed by atoms with Gasteiger partial charge in [-0.15, -0.1) is 11.8 Å². The minimum absolute atomic E-state index is 0.166. The lowest BCUT2D eigenvalue weighted by atomic mass is 10.0. The molecule has 0 spiro atoms. The van der Waals surface area contributed by atoms with Crippen molar-refractivity contribution in [2.75, 3.05) is 19.9 Å². The van der Waals surface area contributed by atoms with Crippen LogP contribution in [-0.4, -0.2) is 43.6 Å². The summed E-state index contributed by atoms with van der Waals surface area (Å²) >= 11 is 1.56. The van der Waals surface area contributed by atoms with Crippen LogP contribution in [0.4, 0.5) is 0 Å². The predicted octanol–water partition coefficient (Wildman–Crippen LogP) is 2.87. The zero-order valence-corrected chi connectivity index (χ0v) is 14.6. The van der Waals surface area contributed by atoms with Crippen LogP contribution in [0.1, 0.15) is 25.3 Å². The van der Waals surface area contributed by atoms with Crippen LogP contribution in [0.25, 0.3) is 0 Å². The van der Waals surface area contributed by atoms with Crippen molar-refractivity contribution < 1.29 is 13.2 Å². The number of thioether (sulfide) groups is 1. The monoisotopic (exact) mass is 329 g/mol. The Morgan fingerprint density at radius 2 is 1.95 bits per heavy atom. The summed E-state index contributed by atoms with van der Waals surface area (Å²) in [4.78, 5) is 0.359. The third-order valence-electron chi connectivity index (χ3n) is 4.16. The molecule has 1 aliphatic rings. The average Bonchev–Trinajstić information content (AvgIpc) is 2.84. The highest BCUT2D eigenvalue weighted by atomic mass is 32.2. The van der Waals surface area contributed by atoms with Crippen LogP contribution in [0.15, 0.2) is 29.2 Å². The fourth-order valence-electron chi connectivity index (χ4n) is 3.03. The van der Waals surface area contributed by atoms with Gasteiger partial charge in [0.25, 0.3) is 0 Å². The maximum atomic E-state index is 13.0. The molecule has 1 aromatic carbocycles. The molecule has 1 unspecified atom stereocenters. The Morgan fingerprint density at radius 1 is 1.33 bits per heavy atom. The Hall–Kier alpha value is -0.560. The third-order valence-corrected chi connectivity index (χ3v) is 7.33. The molecule has 0 saturated carbocycles. The van der Waals surface area contributed by atoms with Crippen molar-refractivity contribution in [3.05, 3.63) is 29.8 Å². The lowest BCUT2D eigenvalue weighted by Gasteiger charge is -2.39. The number of ether oxygens (including phenoxy) is 1. The van der Waals surface area contributed by atoms with Crippen LogP contribution < -0.4 is 0 Å². The molecule has 0 amide bonds. The second-order valence-electron chi connectivity index (χ2n) is 5.65. The van der Waals surface area contributed by atoms with Crippen molar-refractivity contribution in [2.45, 2.75) is 42.6 Å². The van der Waals surface area contributed by atoms with Crippen LogP contribution in [0, 0.1) is 6.92 Å². The number of hydrogen-bond acceptors (Lipinski definition) is 4. The summed E-state index contributed by atoms with van der Waals surface area (Å²) in [5, 5.41) is 0. The SMILES string of the molecule is COC(SC)[C@@]1(C)CCCN1S(=O)(=O)c1ccc(C)cc1. The molecule has 1 fully saturated rings. The van der Waals surface area contributed by atoms with E-state index in [2.05, 4.69) is 0 Å². The molecule has 0 aliphatic carbocycles. The maximum Gasteiger partial charge on any atom is 0.243 e. The average molecular weight is 329 g/mol. The van der Waals surface area contributed by atoms with E-state index in [0.29, 0.717) is 11.4 Å². The fraction of sp³-hybridized carbons (Fsp3) is 0.600. The Balaban J connectivity index is 2.41. The highest BCUT2D eigenvalue weighted by molar-refractivity contribution is 7.99. The van der Waals surface area contributed by atoms with Crippen LogP contribution in [0.2, 0.25) is 0 Å². The first-order valence-corrected chi connectivity index (χ1v) is 9.74. The molecule has 21 heavy (non-hydrogen) atoms. The molecule has 1 saturated heterocycles. The Labute approximate surface area is 131 Å². The summed E-state index contributed by atoms with van der Waals surface area (Å²) in [6.45, 7) is 4.48. The molecule has 0 bridgehead atoms. The molecule has 4 nitrogen and oxygen atoms in total. The summed E-state index contributed by atoms with van der Waals surface area (Å²) in [5.74, 6) is 0. The number of aryl methyl sites for hydroxylation is 1. The topological polar surface area (TPSA) is 46.6 Å². The lowest BCUT2D eigenvalue weighted by Crippen LogP contribution is -2.52. The van der Waals surface area contributed by atoms with Gasteiger partial charge in [0.1, 0.15) is 5.44 Å². The van der Waals surface area contributed by atoms with E-state index in [-0.39, 0.29) is 5.44 Å². The molecule has 1 heterocycles. The van der Waals surface area contributed by atoms with Crippen LogP contribution in [0.5, 0.6) is 0 Å². The van der Waals surface area contributed by atoms with Crippen LogP contribution in [0.3, 0.4) is 0 Å². The number of rotatable bonds is 5. The van der Waals surface area contributed by atoms with Gasteiger partial charge in [0.05, 0.1) is 10.4 Å². The fourth-order valence-corrected chi connectivity index (χ4v) is 5.88. The van der Waals surface area contributed by atoms with Gasteiger partial charge in [-0.05, 0) is 45.1 Å². The number of nitrogens with zero attached hydrogens (tertiary/aromatic N) is 1. The molecular formula is C15H23NO3S2. The summed E-state index contributed by atoms with van der Waals surface area (Å²) in [5.41, 5.74) is 0.384. The zero-order valence-electron chi connectivity index (χ0n) is 13.0. The largest absolute Gasteiger partial charge is 0.369 e. The van der Waals surface area contributed by atoms with Crippen molar-refractivity contribution in [3.63, 3.8) is 0 Å². The van der Waals surface area contributed by atoms with E-state index in [1.54, 1.807) is 35.3 Å². The molecule has 2 atom stereocenters. The summed E-state index contributed by atoms with van der Waals surface area (Å²) < 4.78 is 33.1. The second-order valence-corrected chi connectivity index (χ2v) is 8.42. The van der Waals surface area contributed by atoms with Crippen LogP contribution >= 0.6 is 11.8 Å². The normalized spacial score (nSPS) is 25.1. The van der Waals surface area contributed by atoms with E-state index in [1.807, 2.05) is 32.2 Å². The highest BCUT2D eigenvalue weighted by Crippen LogP contribution is 2.40. The highest BCUT2D eigenvalue weighted by Gasteiger charge is 2.49. The van der Waals surface area contributed by atoms with Gasteiger partial charge in [-0.3, -0.25) is 0 Å². The van der Waals surface area contributed by atoms with Gasteiger partial charge in [-0.1, -0.05) is 17.7 Å². The van der Waals surface area contributed by atoms with E-state index in [4.69, 9.17) is 4.74 Å². The second kappa shape index (κ2) is 6.28. The summed E-state index contributed by atoms with van der Waals surface area (Å²) in [6.07, 6.45) is 3.63. The van der Waals surface area contributed by atoms with Gasteiger partial charge in [0.2, 0.25) is 10.0 Å². The third kappa shape index (κ3) is 2.99. The number of hydrogen-bond donors (Lipinski definition) is 0. The molecule has 1 aromatic rings. The standard InChI is InChI=1S/C15H23NO3S2/c1-12-6-8-13(9-7-12)21(17,18)16-11-5-10-15(16,2)14(19-3)20-4/h6-9,14H,5,10-11H2,1-4H3/t14?,15-/m1/s1. The molecule has 0 aromatic heterocycles. The van der Waals surface area contributed by atoms with Crippen molar-refractivity contribution in [2.24, 2.45) is 0 Å². The van der Waals surface area contributed by atoms with Crippen LogP contribution in [-0.2, 0) is 14.8 Å². The van der Waals surface area contributed by atoms with E-state index >= 15 is 0 Å². The van der Waals surface area contributed by atoms with Gasteiger partial charge in [0, 0.05) is 13.7 Å². The quantitative estimate of drug-likeness (QED) is 0.779. The van der Waals surface area contributed by atoms with Crippen molar-refractivity contribution in [1.29, 1.82) is 0 Å². The van der Waals surface area contributed by atoms with E-state index < -0.39 is 15.6 Å². The van der Waals surface area contributed by atoms with Gasteiger partial charge in [-0.2, -0.15) is 4.31 Å². The number of benzene rings is 1. The lowest BCUT2D eigenvalue weighted by molar-refractivity contribution is 0.0660. The smallest absolute Gasteiger partial charge is 0.243 e. The molecule has 0 N–H and O–H groups in total. The summed E-state index contributed by atoms with van der Waals surface area (Å²) in [6, 6.07) is 7.04. The number of sulfonamides is 1. The van der Waals surface area contributed by atoms with Gasteiger partial charge in [-0.25, -0.2) is 8.42 Å². The van der Waals surface area contributed by atoms with Gasteiger partial charge < -0.3 is 4.74 Å². The van der Waals surface area contributed by atoms with Crippen molar-refractivity contribution in [1.82, 2.24) is 4.31 Å². The molecule has 0 radical (unpaired) electrons. The van der Waals surface area contributed by atoms with Gasteiger partial charge >= 0.3 is 0 Å². The molecule has 6 heteroatoms. The van der Waals surface area contributed by atoms with E-state index in [9.17, 15) is 8.42 Å². The first kappa shape index (κ1) is 16.8. The zero-order chi connectivity index (χ0) is 15.7. The molecule has 118 valence electrons. The maximum absolute atomic E-state index is 13.0. The Morgan fingerprint density at radius 3 is 2.48 bits per heavy atom. The minimum atomic E-state index is -3.49. The first-order valence-electron chi connectivity index (χ1n) is 7.01. The van der Waals surface area contributed by atoms with Crippen molar-refractivity contribution >= 4 is 21.8 Å².